The number of aliphatic carboxylic acids is 1. The Morgan fingerprint density at radius 1 is 1.24 bits per heavy atom. The fraction of sp³-hybridized carbons (Fsp3) is 0.238. The smallest absolute Gasteiger partial charge is 0.303 e. The van der Waals surface area contributed by atoms with Crippen molar-refractivity contribution >= 4 is 34.2 Å². The minimum Gasteiger partial charge on any atom is -0.481 e. The molecule has 0 radical (unpaired) electrons. The molecule has 0 atom stereocenters. The highest BCUT2D eigenvalue weighted by molar-refractivity contribution is 5.87. The Hall–Kier alpha value is -3.68. The molecule has 0 amide bonds. The molecule has 0 aliphatic heterocycles. The molecule has 0 unspecified atom stereocenters. The quantitative estimate of drug-likeness (QED) is 0.498. The topological polar surface area (TPSA) is 110 Å². The van der Waals surface area contributed by atoms with Crippen LogP contribution >= 0.6 is 0 Å². The molecule has 4 rings (SSSR count). The normalized spacial score (nSPS) is 11.2. The summed E-state index contributed by atoms with van der Waals surface area (Å²) >= 11 is 0. The van der Waals surface area contributed by atoms with Gasteiger partial charge >= 0.3 is 5.97 Å². The molecular formula is C21H22N6O2. The Balaban J connectivity index is 1.75. The number of benzene rings is 1. The minimum atomic E-state index is -0.800. The number of anilines is 2. The molecule has 8 heteroatoms. The Labute approximate surface area is 167 Å². The highest BCUT2D eigenvalue weighted by atomic mass is 16.4. The number of hydrogen-bond acceptors (Lipinski definition) is 6. The Bertz CT molecular complexity index is 1190. The third-order valence-corrected chi connectivity index (χ3v) is 4.91. The van der Waals surface area contributed by atoms with E-state index in [9.17, 15) is 4.79 Å². The zero-order valence-electron chi connectivity index (χ0n) is 16.1. The molecule has 3 heterocycles. The lowest BCUT2D eigenvalue weighted by Crippen LogP contribution is -2.26. The number of nitrogens with two attached hydrogens (primary N) is 1. The van der Waals surface area contributed by atoms with E-state index in [-0.39, 0.29) is 6.42 Å². The summed E-state index contributed by atoms with van der Waals surface area (Å²) in [6, 6.07) is 11.8. The molecule has 0 fully saturated rings. The molecule has 148 valence electrons. The molecule has 3 N–H and O–H groups in total. The van der Waals surface area contributed by atoms with Gasteiger partial charge in [-0.1, -0.05) is 18.2 Å². The standard InChI is InChI=1S/C21H22N6O2/c1-2-26(9-5-8-20(28)29)19-11-18(22)27-21(25-19)16(13-24-27)15-10-14-6-3-4-7-17(14)23-12-15/h3-4,6-7,10-13H,2,5,8-9,22H2,1H3,(H,28,29). The van der Waals surface area contributed by atoms with Gasteiger partial charge in [-0.25, -0.2) is 4.98 Å². The molecule has 0 aliphatic rings. The molecule has 0 bridgehead atoms. The first-order valence-corrected chi connectivity index (χ1v) is 9.53. The van der Waals surface area contributed by atoms with E-state index in [1.54, 1.807) is 16.8 Å². The molecule has 3 aromatic heterocycles. The highest BCUT2D eigenvalue weighted by Gasteiger charge is 2.15. The van der Waals surface area contributed by atoms with Crippen molar-refractivity contribution < 1.29 is 9.90 Å². The van der Waals surface area contributed by atoms with Gasteiger partial charge in [-0.2, -0.15) is 9.61 Å². The number of nitrogen functional groups attached to an aromatic ring is 1. The summed E-state index contributed by atoms with van der Waals surface area (Å²) in [6.45, 7) is 3.29. The van der Waals surface area contributed by atoms with Crippen molar-refractivity contribution in [2.45, 2.75) is 19.8 Å². The van der Waals surface area contributed by atoms with E-state index < -0.39 is 5.97 Å². The SMILES string of the molecule is CCN(CCCC(=O)O)c1cc(N)n2ncc(-c3cnc4ccccc4c3)c2n1. The van der Waals surface area contributed by atoms with Crippen molar-refractivity contribution in [2.75, 3.05) is 23.7 Å². The number of aromatic nitrogens is 4. The molecular weight excluding hydrogens is 368 g/mol. The van der Waals surface area contributed by atoms with Gasteiger partial charge in [0.15, 0.2) is 5.65 Å². The lowest BCUT2D eigenvalue weighted by atomic mass is 10.1. The first-order chi connectivity index (χ1) is 14.1. The summed E-state index contributed by atoms with van der Waals surface area (Å²) in [4.78, 5) is 22.2. The van der Waals surface area contributed by atoms with Crippen LogP contribution in [0.3, 0.4) is 0 Å². The molecule has 0 saturated heterocycles. The van der Waals surface area contributed by atoms with Crippen LogP contribution in [0.25, 0.3) is 27.7 Å². The highest BCUT2D eigenvalue weighted by Crippen LogP contribution is 2.28. The maximum absolute atomic E-state index is 10.8. The summed E-state index contributed by atoms with van der Waals surface area (Å²) < 4.78 is 1.61. The number of carboxylic acid groups (broad SMARTS) is 1. The fourth-order valence-corrected chi connectivity index (χ4v) is 3.41. The Kier molecular flexibility index (Phi) is 4.99. The van der Waals surface area contributed by atoms with Gasteiger partial charge in [0.2, 0.25) is 0 Å². The maximum atomic E-state index is 10.8. The van der Waals surface area contributed by atoms with Crippen LogP contribution in [0.4, 0.5) is 11.6 Å². The van der Waals surface area contributed by atoms with Crippen molar-refractivity contribution in [3.8, 4) is 11.1 Å². The van der Waals surface area contributed by atoms with Gasteiger partial charge in [-0.05, 0) is 25.5 Å². The van der Waals surface area contributed by atoms with Gasteiger partial charge < -0.3 is 15.7 Å². The van der Waals surface area contributed by atoms with Crippen LogP contribution in [-0.4, -0.2) is 43.7 Å². The maximum Gasteiger partial charge on any atom is 0.303 e. The second-order valence-electron chi connectivity index (χ2n) is 6.83. The van der Waals surface area contributed by atoms with E-state index in [1.807, 2.05) is 42.3 Å². The summed E-state index contributed by atoms with van der Waals surface area (Å²) in [5, 5.41) is 14.3. The number of pyridine rings is 1. The van der Waals surface area contributed by atoms with Crippen LogP contribution in [0, 0.1) is 0 Å². The molecule has 0 spiro atoms. The Morgan fingerprint density at radius 2 is 2.07 bits per heavy atom. The van der Waals surface area contributed by atoms with E-state index in [0.29, 0.717) is 36.8 Å². The molecule has 0 aliphatic carbocycles. The number of para-hydroxylation sites is 1. The lowest BCUT2D eigenvalue weighted by Gasteiger charge is -2.22. The number of carbonyl (C=O) groups is 1. The summed E-state index contributed by atoms with van der Waals surface area (Å²) in [6.07, 6.45) is 4.22. The van der Waals surface area contributed by atoms with Gasteiger partial charge in [0.25, 0.3) is 0 Å². The van der Waals surface area contributed by atoms with Crippen molar-refractivity contribution in [2.24, 2.45) is 0 Å². The molecule has 4 aromatic rings. The molecule has 1 aromatic carbocycles. The zero-order chi connectivity index (χ0) is 20.4. The number of rotatable bonds is 7. The van der Waals surface area contributed by atoms with Gasteiger partial charge in [-0.15, -0.1) is 0 Å². The van der Waals surface area contributed by atoms with E-state index >= 15 is 0 Å². The number of carboxylic acids is 1. The number of fused-ring (bicyclic) bond motifs is 2. The zero-order valence-corrected chi connectivity index (χ0v) is 16.1. The van der Waals surface area contributed by atoms with Crippen LogP contribution < -0.4 is 10.6 Å². The van der Waals surface area contributed by atoms with Crippen LogP contribution in [-0.2, 0) is 4.79 Å². The van der Waals surface area contributed by atoms with Crippen molar-refractivity contribution in [1.82, 2.24) is 19.6 Å². The summed E-state index contributed by atoms with van der Waals surface area (Å²) in [5.41, 5.74) is 9.57. The van der Waals surface area contributed by atoms with Crippen molar-refractivity contribution in [3.05, 3.63) is 48.8 Å². The summed E-state index contributed by atoms with van der Waals surface area (Å²) in [5.74, 6) is 0.380. The van der Waals surface area contributed by atoms with Crippen LogP contribution in [0.1, 0.15) is 19.8 Å². The lowest BCUT2D eigenvalue weighted by molar-refractivity contribution is -0.137. The second-order valence-corrected chi connectivity index (χ2v) is 6.83. The van der Waals surface area contributed by atoms with E-state index in [0.717, 1.165) is 22.0 Å². The fourth-order valence-electron chi connectivity index (χ4n) is 3.41. The van der Waals surface area contributed by atoms with E-state index in [1.165, 1.54) is 0 Å². The van der Waals surface area contributed by atoms with Crippen LogP contribution in [0.2, 0.25) is 0 Å². The van der Waals surface area contributed by atoms with Crippen molar-refractivity contribution in [3.63, 3.8) is 0 Å². The second kappa shape index (κ2) is 7.75. The first-order valence-electron chi connectivity index (χ1n) is 9.53. The molecule has 8 nitrogen and oxygen atoms in total. The average molecular weight is 390 g/mol. The third kappa shape index (κ3) is 3.69. The monoisotopic (exact) mass is 390 g/mol. The molecule has 29 heavy (non-hydrogen) atoms. The van der Waals surface area contributed by atoms with Gasteiger partial charge in [0, 0.05) is 48.3 Å². The predicted octanol–water partition coefficient (Wildman–Crippen LogP) is 3.22. The van der Waals surface area contributed by atoms with Crippen LogP contribution in [0.5, 0.6) is 0 Å². The predicted molar refractivity (Wildman–Crippen MR) is 113 cm³/mol. The van der Waals surface area contributed by atoms with Crippen molar-refractivity contribution in [1.29, 1.82) is 0 Å². The van der Waals surface area contributed by atoms with Gasteiger partial charge in [0.1, 0.15) is 11.6 Å². The first kappa shape index (κ1) is 18.7. The van der Waals surface area contributed by atoms with Gasteiger partial charge in [0.05, 0.1) is 11.7 Å². The minimum absolute atomic E-state index is 0.120. The van der Waals surface area contributed by atoms with Crippen LogP contribution in [0.15, 0.2) is 48.8 Å². The number of nitrogens with zero attached hydrogens (tertiary/aromatic N) is 5. The van der Waals surface area contributed by atoms with E-state index in [2.05, 4.69) is 16.1 Å². The van der Waals surface area contributed by atoms with Gasteiger partial charge in [-0.3, -0.25) is 9.78 Å². The number of hydrogen-bond donors (Lipinski definition) is 2. The molecule has 0 saturated carbocycles. The third-order valence-electron chi connectivity index (χ3n) is 4.91. The van der Waals surface area contributed by atoms with E-state index in [4.69, 9.17) is 15.8 Å². The largest absolute Gasteiger partial charge is 0.481 e. The summed E-state index contributed by atoms with van der Waals surface area (Å²) in [7, 11) is 0. The Morgan fingerprint density at radius 3 is 2.86 bits per heavy atom. The average Bonchev–Trinajstić information content (AvgIpc) is 3.15.